The van der Waals surface area contributed by atoms with Gasteiger partial charge in [0.1, 0.15) is 11.6 Å². The number of rotatable bonds is 6. The summed E-state index contributed by atoms with van der Waals surface area (Å²) in [6, 6.07) is 15.8. The van der Waals surface area contributed by atoms with Crippen molar-refractivity contribution >= 4 is 48.3 Å². The van der Waals surface area contributed by atoms with Gasteiger partial charge in [-0.15, -0.1) is 0 Å². The third-order valence-electron chi connectivity index (χ3n) is 4.31. The molecular weight excluding hydrogens is 441 g/mol. The molecule has 0 aliphatic rings. The van der Waals surface area contributed by atoms with Crippen LogP contribution >= 0.6 is 11.3 Å². The zero-order valence-electron chi connectivity index (χ0n) is 16.1. The molecule has 10 heteroatoms. The highest BCUT2D eigenvalue weighted by Crippen LogP contribution is 2.31. The standard InChI is InChI=1S/C21H16FN3O4S2/c1-29-14-8-11-18-19(12-14)30-21(23-18)24-20(26)16-4-2-3-5-17(16)25-31(27,28)15-9-6-13(22)7-10-15/h2-12,25H,1H3,(H,23,24,26)/p-1. The van der Waals surface area contributed by atoms with Crippen molar-refractivity contribution in [1.29, 1.82) is 0 Å². The zero-order valence-corrected chi connectivity index (χ0v) is 17.7. The third-order valence-corrected chi connectivity index (χ3v) is 6.60. The van der Waals surface area contributed by atoms with Crippen LogP contribution in [0.4, 0.5) is 15.2 Å². The molecule has 31 heavy (non-hydrogen) atoms. The Morgan fingerprint density at radius 3 is 2.61 bits per heavy atom. The smallest absolute Gasteiger partial charge is 0.261 e. The van der Waals surface area contributed by atoms with Gasteiger partial charge in [-0.05, 0) is 54.4 Å². The quantitative estimate of drug-likeness (QED) is 0.352. The molecule has 0 atom stereocenters. The van der Waals surface area contributed by atoms with Gasteiger partial charge in [0.25, 0.3) is 10.0 Å². The van der Waals surface area contributed by atoms with Crippen LogP contribution in [-0.4, -0.2) is 26.4 Å². The fourth-order valence-electron chi connectivity index (χ4n) is 2.79. The lowest BCUT2D eigenvalue weighted by atomic mass is 10.2. The molecule has 1 heterocycles. The number of anilines is 1. The van der Waals surface area contributed by atoms with Gasteiger partial charge >= 0.3 is 0 Å². The second kappa shape index (κ2) is 8.32. The van der Waals surface area contributed by atoms with E-state index < -0.39 is 21.7 Å². The van der Waals surface area contributed by atoms with Crippen LogP contribution in [0.5, 0.6) is 5.75 Å². The Hall–Kier alpha value is -3.50. The molecule has 1 N–H and O–H groups in total. The van der Waals surface area contributed by atoms with Gasteiger partial charge in [0, 0.05) is 5.56 Å². The lowest BCUT2D eigenvalue weighted by Crippen LogP contribution is -2.22. The highest BCUT2D eigenvalue weighted by atomic mass is 32.2. The van der Waals surface area contributed by atoms with E-state index >= 15 is 0 Å². The first-order valence-corrected chi connectivity index (χ1v) is 11.2. The average molecular weight is 457 g/mol. The van der Waals surface area contributed by atoms with Gasteiger partial charge in [-0.3, -0.25) is 4.72 Å². The zero-order chi connectivity index (χ0) is 22.0. The maximum Gasteiger partial charge on any atom is 0.261 e. The summed E-state index contributed by atoms with van der Waals surface area (Å²) in [6.07, 6.45) is 0. The first-order chi connectivity index (χ1) is 14.9. The van der Waals surface area contributed by atoms with Gasteiger partial charge in [0.15, 0.2) is 0 Å². The van der Waals surface area contributed by atoms with Crippen LogP contribution in [0, 0.1) is 5.82 Å². The van der Waals surface area contributed by atoms with Gasteiger partial charge in [0.2, 0.25) is 5.13 Å². The van der Waals surface area contributed by atoms with Crippen molar-refractivity contribution in [3.63, 3.8) is 0 Å². The Morgan fingerprint density at radius 2 is 1.87 bits per heavy atom. The molecule has 0 saturated heterocycles. The van der Waals surface area contributed by atoms with Crippen LogP contribution in [0.25, 0.3) is 10.2 Å². The number of benzene rings is 3. The summed E-state index contributed by atoms with van der Waals surface area (Å²) < 4.78 is 46.7. The highest BCUT2D eigenvalue weighted by molar-refractivity contribution is 7.92. The second-order valence-corrected chi connectivity index (χ2v) is 9.04. The molecule has 0 spiro atoms. The molecule has 3 aromatic carbocycles. The molecular formula is C21H15FN3O4S2-. The molecule has 0 unspecified atom stereocenters. The molecule has 0 aliphatic heterocycles. The maximum absolute atomic E-state index is 13.1. The Bertz CT molecular complexity index is 1380. The summed E-state index contributed by atoms with van der Waals surface area (Å²) in [5.74, 6) is -0.542. The van der Waals surface area contributed by atoms with E-state index in [0.717, 1.165) is 29.0 Å². The summed E-state index contributed by atoms with van der Waals surface area (Å²) in [7, 11) is -2.47. The van der Waals surface area contributed by atoms with E-state index in [2.05, 4.69) is 14.7 Å². The number of methoxy groups -OCH3 is 1. The Kier molecular flexibility index (Phi) is 5.57. The first-order valence-electron chi connectivity index (χ1n) is 8.94. The van der Waals surface area contributed by atoms with E-state index in [-0.39, 0.29) is 21.3 Å². The summed E-state index contributed by atoms with van der Waals surface area (Å²) >= 11 is 1.21. The summed E-state index contributed by atoms with van der Waals surface area (Å²) in [5.41, 5.74) is 0.788. The number of para-hydroxylation sites is 1. The van der Waals surface area contributed by atoms with Gasteiger partial charge < -0.3 is 9.84 Å². The van der Waals surface area contributed by atoms with Crippen LogP contribution in [0.15, 0.2) is 76.6 Å². The number of hydrogen-bond donors (Lipinski definition) is 1. The van der Waals surface area contributed by atoms with E-state index in [9.17, 15) is 17.9 Å². The summed E-state index contributed by atoms with van der Waals surface area (Å²) in [6.45, 7) is 0. The predicted molar refractivity (Wildman–Crippen MR) is 116 cm³/mol. The van der Waals surface area contributed by atoms with Crippen LogP contribution in [0.3, 0.4) is 0 Å². The molecule has 0 amide bonds. The molecule has 0 saturated carbocycles. The number of aromatic nitrogens is 1. The lowest BCUT2D eigenvalue weighted by Gasteiger charge is -2.16. The Morgan fingerprint density at radius 1 is 1.13 bits per heavy atom. The summed E-state index contributed by atoms with van der Waals surface area (Å²) in [4.78, 5) is 8.22. The van der Waals surface area contributed by atoms with Gasteiger partial charge in [-0.25, -0.2) is 22.8 Å². The number of ether oxygens (including phenoxy) is 1. The number of aliphatic imine (C=N–C) groups is 1. The van der Waals surface area contributed by atoms with Crippen molar-refractivity contribution < 1.29 is 22.7 Å². The Labute approximate surface area is 181 Å². The number of hydrogen-bond acceptors (Lipinski definition) is 7. The number of nitrogens with one attached hydrogen (secondary N) is 1. The van der Waals surface area contributed by atoms with Gasteiger partial charge in [-0.1, -0.05) is 29.5 Å². The number of sulfonamides is 1. The van der Waals surface area contributed by atoms with E-state index in [1.54, 1.807) is 37.4 Å². The minimum Gasteiger partial charge on any atom is -0.858 e. The number of thiazole rings is 1. The minimum absolute atomic E-state index is 0.0587. The van der Waals surface area contributed by atoms with E-state index in [1.807, 2.05) is 0 Å². The monoisotopic (exact) mass is 456 g/mol. The van der Waals surface area contributed by atoms with Crippen molar-refractivity contribution in [2.75, 3.05) is 11.8 Å². The molecule has 4 rings (SSSR count). The molecule has 0 bridgehead atoms. The predicted octanol–water partition coefficient (Wildman–Crippen LogP) is 3.68. The fourth-order valence-corrected chi connectivity index (χ4v) is 4.73. The first kappa shape index (κ1) is 20.8. The molecule has 0 fully saturated rings. The molecule has 7 nitrogen and oxygen atoms in total. The van der Waals surface area contributed by atoms with Crippen molar-refractivity contribution in [3.05, 3.63) is 78.1 Å². The number of nitrogens with zero attached hydrogens (tertiary/aromatic N) is 2. The maximum atomic E-state index is 13.1. The lowest BCUT2D eigenvalue weighted by molar-refractivity contribution is -0.212. The molecule has 158 valence electrons. The van der Waals surface area contributed by atoms with E-state index in [1.165, 1.54) is 23.5 Å². The second-order valence-electron chi connectivity index (χ2n) is 6.35. The highest BCUT2D eigenvalue weighted by Gasteiger charge is 2.16. The molecule has 1 aromatic heterocycles. The topological polar surface area (TPSA) is 104 Å². The van der Waals surface area contributed by atoms with Crippen molar-refractivity contribution in [2.24, 2.45) is 4.99 Å². The fraction of sp³-hybridized carbons (Fsp3) is 0.0476. The summed E-state index contributed by atoms with van der Waals surface area (Å²) in [5, 5.41) is 13.0. The van der Waals surface area contributed by atoms with Gasteiger partial charge in [-0.2, -0.15) is 0 Å². The van der Waals surface area contributed by atoms with Crippen LogP contribution in [-0.2, 0) is 10.0 Å². The third kappa shape index (κ3) is 4.49. The molecule has 0 radical (unpaired) electrons. The SMILES string of the molecule is COc1ccc2nc(N=C([O-])c3ccccc3NS(=O)(=O)c3ccc(F)cc3)sc2c1. The van der Waals surface area contributed by atoms with Crippen LogP contribution < -0.4 is 14.6 Å². The molecule has 4 aromatic rings. The van der Waals surface area contributed by atoms with E-state index in [0.29, 0.717) is 11.3 Å². The molecule has 0 aliphatic carbocycles. The van der Waals surface area contributed by atoms with Crippen LogP contribution in [0.2, 0.25) is 0 Å². The van der Waals surface area contributed by atoms with Gasteiger partial charge in [0.05, 0.1) is 27.9 Å². The largest absolute Gasteiger partial charge is 0.858 e. The minimum atomic E-state index is -4.02. The van der Waals surface area contributed by atoms with Crippen molar-refractivity contribution in [3.8, 4) is 5.75 Å². The normalized spacial score (nSPS) is 12.1. The average Bonchev–Trinajstić information content (AvgIpc) is 3.15. The van der Waals surface area contributed by atoms with E-state index in [4.69, 9.17) is 4.74 Å². The number of halogens is 1. The number of fused-ring (bicyclic) bond motifs is 1. The Balaban J connectivity index is 1.67. The van der Waals surface area contributed by atoms with Crippen molar-refractivity contribution in [2.45, 2.75) is 4.90 Å². The van der Waals surface area contributed by atoms with Crippen molar-refractivity contribution in [1.82, 2.24) is 4.98 Å². The van der Waals surface area contributed by atoms with Crippen LogP contribution in [0.1, 0.15) is 5.56 Å².